The van der Waals surface area contributed by atoms with Gasteiger partial charge in [0.2, 0.25) is 0 Å². The van der Waals surface area contributed by atoms with Gasteiger partial charge in [0.1, 0.15) is 5.75 Å². The number of fused-ring (bicyclic) bond motifs is 1. The van der Waals surface area contributed by atoms with Crippen LogP contribution in [-0.4, -0.2) is 18.1 Å². The fraction of sp³-hybridized carbons (Fsp3) is 0.471. The van der Waals surface area contributed by atoms with Gasteiger partial charge in [-0.05, 0) is 37.5 Å². The summed E-state index contributed by atoms with van der Waals surface area (Å²) in [6.45, 7) is 7.05. The van der Waals surface area contributed by atoms with Gasteiger partial charge in [0, 0.05) is 30.8 Å². The Hall–Kier alpha value is -1.39. The van der Waals surface area contributed by atoms with Gasteiger partial charge in [-0.2, -0.15) is 0 Å². The van der Waals surface area contributed by atoms with E-state index >= 15 is 0 Å². The van der Waals surface area contributed by atoms with Crippen molar-refractivity contribution in [3.63, 3.8) is 0 Å². The van der Waals surface area contributed by atoms with Crippen molar-refractivity contribution in [3.05, 3.63) is 44.9 Å². The fourth-order valence-corrected chi connectivity index (χ4v) is 3.70. The maximum atomic E-state index is 5.91. The van der Waals surface area contributed by atoms with E-state index < -0.39 is 0 Å². The summed E-state index contributed by atoms with van der Waals surface area (Å²) < 4.78 is 5.91. The van der Waals surface area contributed by atoms with Crippen molar-refractivity contribution in [3.8, 4) is 5.75 Å². The summed E-state index contributed by atoms with van der Waals surface area (Å²) in [6.07, 6.45) is 3.11. The molecule has 2 heterocycles. The second-order valence-corrected chi connectivity index (χ2v) is 6.72. The molecule has 2 aromatic rings. The lowest BCUT2D eigenvalue weighted by molar-refractivity contribution is 0.308. The summed E-state index contributed by atoms with van der Waals surface area (Å²) in [6, 6.07) is 6.23. The Morgan fingerprint density at radius 2 is 2.24 bits per heavy atom. The van der Waals surface area contributed by atoms with Crippen molar-refractivity contribution in [1.82, 2.24) is 10.3 Å². The van der Waals surface area contributed by atoms with Crippen molar-refractivity contribution in [1.29, 1.82) is 0 Å². The highest BCUT2D eigenvalue weighted by atomic mass is 32.1. The van der Waals surface area contributed by atoms with Crippen LogP contribution < -0.4 is 10.1 Å². The fourth-order valence-electron chi connectivity index (χ4n) is 2.57. The third kappa shape index (κ3) is 3.44. The highest BCUT2D eigenvalue weighted by Gasteiger charge is 2.14. The van der Waals surface area contributed by atoms with Crippen molar-refractivity contribution in [2.45, 2.75) is 39.7 Å². The molecule has 4 heteroatoms. The number of rotatable bonds is 5. The Labute approximate surface area is 130 Å². The zero-order chi connectivity index (χ0) is 14.7. The first-order chi connectivity index (χ1) is 10.2. The van der Waals surface area contributed by atoms with Crippen LogP contribution in [0.3, 0.4) is 0 Å². The highest BCUT2D eigenvalue weighted by molar-refractivity contribution is 7.11. The molecule has 0 saturated carbocycles. The Bertz CT molecular complexity index is 598. The maximum absolute atomic E-state index is 5.91. The second kappa shape index (κ2) is 6.58. The van der Waals surface area contributed by atoms with Gasteiger partial charge in [0.05, 0.1) is 17.3 Å². The molecule has 0 saturated heterocycles. The van der Waals surface area contributed by atoms with Crippen LogP contribution in [0.5, 0.6) is 5.75 Å². The van der Waals surface area contributed by atoms with Gasteiger partial charge in [-0.15, -0.1) is 11.3 Å². The van der Waals surface area contributed by atoms with Crippen LogP contribution in [0.1, 0.15) is 33.1 Å². The van der Waals surface area contributed by atoms with Crippen LogP contribution in [0.4, 0.5) is 0 Å². The molecule has 3 nitrogen and oxygen atoms in total. The molecule has 1 aromatic heterocycles. The summed E-state index contributed by atoms with van der Waals surface area (Å²) in [5.74, 6) is 1.01. The van der Waals surface area contributed by atoms with Gasteiger partial charge in [-0.3, -0.25) is 0 Å². The molecule has 0 unspecified atom stereocenters. The molecule has 0 atom stereocenters. The smallest absolute Gasteiger partial charge is 0.122 e. The molecule has 3 rings (SSSR count). The number of nitrogens with zero attached hydrogens (tertiary/aromatic N) is 1. The first kappa shape index (κ1) is 14.5. The third-order valence-corrected chi connectivity index (χ3v) is 5.15. The molecule has 0 fully saturated rings. The van der Waals surface area contributed by atoms with E-state index in [1.54, 1.807) is 0 Å². The van der Waals surface area contributed by atoms with Gasteiger partial charge < -0.3 is 10.1 Å². The van der Waals surface area contributed by atoms with Crippen LogP contribution in [0.2, 0.25) is 0 Å². The number of ether oxygens (including phenoxy) is 1. The van der Waals surface area contributed by atoms with Crippen LogP contribution in [0, 0.1) is 13.8 Å². The molecular weight excluding hydrogens is 280 g/mol. The normalized spacial score (nSPS) is 14.0. The van der Waals surface area contributed by atoms with Crippen molar-refractivity contribution < 1.29 is 4.74 Å². The first-order valence-electron chi connectivity index (χ1n) is 7.61. The minimum absolute atomic E-state index is 0.757. The van der Waals surface area contributed by atoms with Gasteiger partial charge in [-0.25, -0.2) is 4.98 Å². The molecule has 21 heavy (non-hydrogen) atoms. The molecule has 1 aliphatic heterocycles. The van der Waals surface area contributed by atoms with Gasteiger partial charge in [0.25, 0.3) is 0 Å². The molecule has 0 radical (unpaired) electrons. The van der Waals surface area contributed by atoms with Gasteiger partial charge in [-0.1, -0.05) is 12.1 Å². The first-order valence-corrected chi connectivity index (χ1v) is 8.43. The Kier molecular flexibility index (Phi) is 4.56. The molecular formula is C17H22N2OS. The van der Waals surface area contributed by atoms with Crippen molar-refractivity contribution in [2.24, 2.45) is 0 Å². The number of nitrogens with one attached hydrogen (secondary N) is 1. The number of hydrogen-bond donors (Lipinski definition) is 1. The summed E-state index contributed by atoms with van der Waals surface area (Å²) in [5, 5.41) is 4.66. The summed E-state index contributed by atoms with van der Waals surface area (Å²) >= 11 is 1.86. The summed E-state index contributed by atoms with van der Waals surface area (Å²) in [7, 11) is 0. The largest absolute Gasteiger partial charge is 0.493 e. The van der Waals surface area contributed by atoms with Crippen molar-refractivity contribution in [2.75, 3.05) is 13.2 Å². The molecule has 1 aliphatic rings. The van der Waals surface area contributed by atoms with E-state index in [1.165, 1.54) is 26.7 Å². The van der Waals surface area contributed by atoms with Crippen molar-refractivity contribution >= 4 is 11.3 Å². The lowest BCUT2D eigenvalue weighted by Crippen LogP contribution is -2.22. The zero-order valence-electron chi connectivity index (χ0n) is 12.7. The Balaban J connectivity index is 1.50. The molecule has 0 spiro atoms. The number of hydrogen-bond acceptors (Lipinski definition) is 4. The van der Waals surface area contributed by atoms with E-state index in [0.717, 1.165) is 44.7 Å². The molecule has 0 aliphatic carbocycles. The standard InChI is InChI=1S/C17H22N2OS/c1-12-5-3-6-15(13(12)2)20-10-4-7-17-19-14-8-9-18-11-16(14)21-17/h3,5-6,18H,4,7-11H2,1-2H3. The molecule has 0 amide bonds. The highest BCUT2D eigenvalue weighted by Crippen LogP contribution is 2.23. The van der Waals surface area contributed by atoms with Crippen LogP contribution in [0.15, 0.2) is 18.2 Å². The number of aryl methyl sites for hydroxylation is 2. The zero-order valence-corrected chi connectivity index (χ0v) is 13.6. The minimum Gasteiger partial charge on any atom is -0.493 e. The summed E-state index contributed by atoms with van der Waals surface area (Å²) in [5.41, 5.74) is 3.84. The van der Waals surface area contributed by atoms with E-state index in [9.17, 15) is 0 Å². The van der Waals surface area contributed by atoms with E-state index in [-0.39, 0.29) is 0 Å². The lowest BCUT2D eigenvalue weighted by Gasteiger charge is -2.10. The average molecular weight is 302 g/mol. The lowest BCUT2D eigenvalue weighted by atomic mass is 10.1. The minimum atomic E-state index is 0.757. The average Bonchev–Trinajstić information content (AvgIpc) is 2.90. The molecule has 1 aromatic carbocycles. The summed E-state index contributed by atoms with van der Waals surface area (Å²) in [4.78, 5) is 6.17. The van der Waals surface area contributed by atoms with Crippen LogP contribution in [0.25, 0.3) is 0 Å². The van der Waals surface area contributed by atoms with E-state index in [0.29, 0.717) is 0 Å². The SMILES string of the molecule is Cc1cccc(OCCCc2nc3c(s2)CNCC3)c1C. The van der Waals surface area contributed by atoms with Crippen LogP contribution >= 0.6 is 11.3 Å². The predicted molar refractivity (Wildman–Crippen MR) is 87.3 cm³/mol. The van der Waals surface area contributed by atoms with E-state index in [4.69, 9.17) is 9.72 Å². The third-order valence-electron chi connectivity index (χ3n) is 3.99. The predicted octanol–water partition coefficient (Wildman–Crippen LogP) is 3.42. The maximum Gasteiger partial charge on any atom is 0.122 e. The monoisotopic (exact) mass is 302 g/mol. The number of thiazole rings is 1. The Morgan fingerprint density at radius 3 is 3.10 bits per heavy atom. The number of benzene rings is 1. The quantitative estimate of drug-likeness (QED) is 0.859. The van der Waals surface area contributed by atoms with E-state index in [2.05, 4.69) is 37.4 Å². The van der Waals surface area contributed by atoms with E-state index in [1.807, 2.05) is 11.3 Å². The van der Waals surface area contributed by atoms with Crippen LogP contribution in [-0.2, 0) is 19.4 Å². The number of aromatic nitrogens is 1. The molecule has 0 bridgehead atoms. The second-order valence-electron chi connectivity index (χ2n) is 5.55. The Morgan fingerprint density at radius 1 is 1.33 bits per heavy atom. The topological polar surface area (TPSA) is 34.1 Å². The van der Waals surface area contributed by atoms with Gasteiger partial charge in [0.15, 0.2) is 0 Å². The molecule has 1 N–H and O–H groups in total. The van der Waals surface area contributed by atoms with Gasteiger partial charge >= 0.3 is 0 Å². The molecule has 112 valence electrons.